The van der Waals surface area contributed by atoms with Gasteiger partial charge in [0, 0.05) is 43.1 Å². The fraction of sp³-hybridized carbons (Fsp3) is 0.368. The third-order valence-electron chi connectivity index (χ3n) is 5.14. The summed E-state index contributed by atoms with van der Waals surface area (Å²) in [6.45, 7) is 2.55. The molecule has 0 aliphatic carbocycles. The molecule has 29 heavy (non-hydrogen) atoms. The van der Waals surface area contributed by atoms with Gasteiger partial charge in [-0.2, -0.15) is 8.78 Å². The quantitative estimate of drug-likeness (QED) is 0.476. The van der Waals surface area contributed by atoms with Crippen LogP contribution < -0.4 is 4.90 Å². The standard InChI is InChI=1S/C19H16F6N4/c1-28-5-7-29(8-6-28)17-16-10(3-2-4-26-16)11-9-12(19(24,25)18(22)23)13(20)14(21)15(11)27-17/h2-4,9,18H,5-8H2,1H3. The van der Waals surface area contributed by atoms with Crippen molar-refractivity contribution < 1.29 is 26.3 Å². The molecular weight excluding hydrogens is 398 g/mol. The maximum atomic E-state index is 14.7. The molecule has 10 heteroatoms. The monoisotopic (exact) mass is 414 g/mol. The van der Waals surface area contributed by atoms with Crippen LogP contribution in [0.1, 0.15) is 5.56 Å². The van der Waals surface area contributed by atoms with E-state index in [1.165, 1.54) is 18.3 Å². The molecule has 1 aliphatic rings. The SMILES string of the molecule is CN1CCN(c2nc3c(F)c(F)c(C(F)(F)C(F)F)cc3c3cccnc23)CC1. The van der Waals surface area contributed by atoms with Crippen molar-refractivity contribution in [1.82, 2.24) is 14.9 Å². The highest BCUT2D eigenvalue weighted by molar-refractivity contribution is 6.09. The molecule has 0 saturated carbocycles. The van der Waals surface area contributed by atoms with Gasteiger partial charge in [0.1, 0.15) is 11.0 Å². The van der Waals surface area contributed by atoms with Crippen LogP contribution in [0.25, 0.3) is 21.8 Å². The number of piperazine rings is 1. The highest BCUT2D eigenvalue weighted by atomic mass is 19.3. The molecule has 0 amide bonds. The van der Waals surface area contributed by atoms with Crippen LogP contribution in [0.3, 0.4) is 0 Å². The summed E-state index contributed by atoms with van der Waals surface area (Å²) in [5.41, 5.74) is -1.88. The Morgan fingerprint density at radius 1 is 1.00 bits per heavy atom. The third-order valence-corrected chi connectivity index (χ3v) is 5.14. The van der Waals surface area contributed by atoms with Crippen molar-refractivity contribution >= 4 is 27.6 Å². The van der Waals surface area contributed by atoms with Gasteiger partial charge in [-0.25, -0.2) is 22.5 Å². The Labute approximate surface area is 161 Å². The van der Waals surface area contributed by atoms with Crippen LogP contribution in [0, 0.1) is 11.6 Å². The van der Waals surface area contributed by atoms with Gasteiger partial charge in [0.2, 0.25) is 0 Å². The van der Waals surface area contributed by atoms with Gasteiger partial charge in [-0.15, -0.1) is 0 Å². The smallest absolute Gasteiger partial charge is 0.335 e. The minimum atomic E-state index is -4.84. The number of anilines is 1. The first-order chi connectivity index (χ1) is 13.7. The fourth-order valence-electron chi connectivity index (χ4n) is 3.49. The van der Waals surface area contributed by atoms with Crippen LogP contribution in [-0.2, 0) is 5.92 Å². The predicted octanol–water partition coefficient (Wildman–Crippen LogP) is 4.17. The zero-order valence-electron chi connectivity index (χ0n) is 15.3. The summed E-state index contributed by atoms with van der Waals surface area (Å²) in [7, 11) is 1.95. The Kier molecular flexibility index (Phi) is 4.76. The lowest BCUT2D eigenvalue weighted by Gasteiger charge is -2.33. The average Bonchev–Trinajstić information content (AvgIpc) is 2.70. The Morgan fingerprint density at radius 3 is 2.34 bits per heavy atom. The molecule has 0 bridgehead atoms. The second-order valence-corrected chi connectivity index (χ2v) is 7.00. The first-order valence-corrected chi connectivity index (χ1v) is 8.88. The van der Waals surface area contributed by atoms with Crippen molar-refractivity contribution in [2.75, 3.05) is 38.1 Å². The number of fused-ring (bicyclic) bond motifs is 3. The van der Waals surface area contributed by atoms with E-state index in [1.54, 1.807) is 0 Å². The molecule has 0 N–H and O–H groups in total. The normalized spacial score (nSPS) is 16.3. The van der Waals surface area contributed by atoms with E-state index in [4.69, 9.17) is 0 Å². The number of benzene rings is 1. The van der Waals surface area contributed by atoms with E-state index in [2.05, 4.69) is 14.9 Å². The molecule has 1 saturated heterocycles. The molecule has 3 heterocycles. The molecule has 1 aromatic carbocycles. The van der Waals surface area contributed by atoms with Crippen LogP contribution >= 0.6 is 0 Å². The van der Waals surface area contributed by atoms with Gasteiger partial charge in [0.15, 0.2) is 17.5 Å². The van der Waals surface area contributed by atoms with Gasteiger partial charge in [0.05, 0.1) is 5.56 Å². The minimum Gasteiger partial charge on any atom is -0.352 e. The van der Waals surface area contributed by atoms with Crippen LogP contribution in [-0.4, -0.2) is 54.5 Å². The van der Waals surface area contributed by atoms with Gasteiger partial charge in [-0.05, 0) is 19.2 Å². The summed E-state index contributed by atoms with van der Waals surface area (Å²) in [5, 5.41) is 0.0387. The van der Waals surface area contributed by atoms with Gasteiger partial charge in [0.25, 0.3) is 0 Å². The van der Waals surface area contributed by atoms with E-state index >= 15 is 0 Å². The van der Waals surface area contributed by atoms with Crippen molar-refractivity contribution in [2.45, 2.75) is 12.3 Å². The number of nitrogens with zero attached hydrogens (tertiary/aromatic N) is 4. The van der Waals surface area contributed by atoms with Crippen LogP contribution in [0.5, 0.6) is 0 Å². The molecule has 0 radical (unpaired) electrons. The number of hydrogen-bond donors (Lipinski definition) is 0. The van der Waals surface area contributed by atoms with Crippen molar-refractivity contribution in [3.8, 4) is 0 Å². The van der Waals surface area contributed by atoms with E-state index in [-0.39, 0.29) is 10.8 Å². The maximum Gasteiger partial charge on any atom is 0.335 e. The third kappa shape index (κ3) is 3.15. The predicted molar refractivity (Wildman–Crippen MR) is 96.6 cm³/mol. The van der Waals surface area contributed by atoms with Gasteiger partial charge >= 0.3 is 12.3 Å². The fourth-order valence-corrected chi connectivity index (χ4v) is 3.49. The second kappa shape index (κ2) is 7.01. The number of hydrogen-bond acceptors (Lipinski definition) is 4. The molecule has 3 aromatic rings. The first-order valence-electron chi connectivity index (χ1n) is 8.88. The van der Waals surface area contributed by atoms with E-state index in [0.717, 1.165) is 0 Å². The molecule has 0 spiro atoms. The molecule has 4 rings (SSSR count). The molecule has 0 unspecified atom stereocenters. The number of halogens is 6. The summed E-state index contributed by atoms with van der Waals surface area (Å²) in [6, 6.07) is 3.54. The van der Waals surface area contributed by atoms with Crippen molar-refractivity contribution in [3.05, 3.63) is 41.6 Å². The Morgan fingerprint density at radius 2 is 1.69 bits per heavy atom. The first kappa shape index (κ1) is 19.7. The average molecular weight is 414 g/mol. The molecule has 1 fully saturated rings. The molecule has 0 atom stereocenters. The van der Waals surface area contributed by atoms with Crippen LogP contribution in [0.4, 0.5) is 32.2 Å². The zero-order chi connectivity index (χ0) is 20.9. The number of aromatic nitrogens is 2. The highest BCUT2D eigenvalue weighted by Gasteiger charge is 2.46. The van der Waals surface area contributed by atoms with Crippen molar-refractivity contribution in [3.63, 3.8) is 0 Å². The summed E-state index contributed by atoms with van der Waals surface area (Å²) >= 11 is 0. The molecule has 1 aliphatic heterocycles. The Hall–Kier alpha value is -2.62. The lowest BCUT2D eigenvalue weighted by atomic mass is 10.0. The van der Waals surface area contributed by atoms with E-state index in [9.17, 15) is 26.3 Å². The van der Waals surface area contributed by atoms with Crippen molar-refractivity contribution in [1.29, 1.82) is 0 Å². The number of rotatable bonds is 3. The Bertz CT molecular complexity index is 1080. The lowest BCUT2D eigenvalue weighted by molar-refractivity contribution is -0.137. The number of likely N-dealkylation sites (N-methyl/N-ethyl adjacent to an activating group) is 1. The minimum absolute atomic E-state index is 0.194. The van der Waals surface area contributed by atoms with E-state index in [1.807, 2.05) is 11.9 Å². The van der Waals surface area contributed by atoms with Crippen LogP contribution in [0.2, 0.25) is 0 Å². The number of pyridine rings is 2. The number of alkyl halides is 4. The molecule has 154 valence electrons. The Balaban J connectivity index is 2.01. The summed E-state index contributed by atoms with van der Waals surface area (Å²) in [6.07, 6.45) is -2.72. The maximum absolute atomic E-state index is 14.7. The topological polar surface area (TPSA) is 32.3 Å². The molecule has 4 nitrogen and oxygen atoms in total. The van der Waals surface area contributed by atoms with Crippen molar-refractivity contribution in [2.24, 2.45) is 0 Å². The summed E-state index contributed by atoms with van der Waals surface area (Å²) < 4.78 is 82.3. The van der Waals surface area contributed by atoms with E-state index in [0.29, 0.717) is 43.6 Å². The van der Waals surface area contributed by atoms with E-state index < -0.39 is 35.1 Å². The highest BCUT2D eigenvalue weighted by Crippen LogP contribution is 2.41. The largest absolute Gasteiger partial charge is 0.352 e. The summed E-state index contributed by atoms with van der Waals surface area (Å²) in [5.74, 6) is -8.25. The van der Waals surface area contributed by atoms with Crippen LogP contribution in [0.15, 0.2) is 24.4 Å². The lowest BCUT2D eigenvalue weighted by Crippen LogP contribution is -2.45. The van der Waals surface area contributed by atoms with Gasteiger partial charge in [-0.1, -0.05) is 6.07 Å². The molecule has 2 aromatic heterocycles. The van der Waals surface area contributed by atoms with Gasteiger partial charge in [-0.3, -0.25) is 4.98 Å². The molecular formula is C19H16F6N4. The second-order valence-electron chi connectivity index (χ2n) is 7.00. The van der Waals surface area contributed by atoms with Gasteiger partial charge < -0.3 is 9.80 Å². The summed E-state index contributed by atoms with van der Waals surface area (Å²) in [4.78, 5) is 12.4. The zero-order valence-corrected chi connectivity index (χ0v) is 15.3.